The lowest BCUT2D eigenvalue weighted by atomic mass is 10.4. The summed E-state index contributed by atoms with van der Waals surface area (Å²) in [6.07, 6.45) is 0. The Morgan fingerprint density at radius 2 is 1.70 bits per heavy atom. The van der Waals surface area contributed by atoms with Gasteiger partial charge in [0.25, 0.3) is 0 Å². The van der Waals surface area contributed by atoms with Crippen molar-refractivity contribution in [3.63, 3.8) is 0 Å². The molecule has 3 nitrogen and oxygen atoms in total. The first-order valence-corrected chi connectivity index (χ1v) is 2.73. The minimum absolute atomic E-state index is 0.394. The zero-order valence-corrected chi connectivity index (χ0v) is 5.11. The third-order valence-electron chi connectivity index (χ3n) is 1.09. The fraction of sp³-hybridized carbons (Fsp3) is 0. The summed E-state index contributed by atoms with van der Waals surface area (Å²) in [5.74, 6) is -1.000. The van der Waals surface area contributed by atoms with Crippen LogP contribution < -0.4 is 5.43 Å². The van der Waals surface area contributed by atoms with Gasteiger partial charge in [-0.15, -0.1) is 0 Å². The fourth-order valence-corrected chi connectivity index (χ4v) is 0.574. The van der Waals surface area contributed by atoms with Gasteiger partial charge in [-0.3, -0.25) is 4.79 Å². The molecule has 0 amide bonds. The van der Waals surface area contributed by atoms with Gasteiger partial charge in [0.2, 0.25) is 11.2 Å². The highest BCUT2D eigenvalue weighted by Gasteiger charge is 1.97. The van der Waals surface area contributed by atoms with Crippen LogP contribution in [-0.4, -0.2) is 10.2 Å². The summed E-state index contributed by atoms with van der Waals surface area (Å²) < 4.78 is 0. The summed E-state index contributed by atoms with van der Waals surface area (Å²) in [7, 11) is 0. The Bertz CT molecular complexity index is 293. The highest BCUT2D eigenvalue weighted by Crippen LogP contribution is 2.15. The average Bonchev–Trinajstić information content (AvgIpc) is 2.04. The van der Waals surface area contributed by atoms with Crippen LogP contribution in [-0.2, 0) is 0 Å². The van der Waals surface area contributed by atoms with Crippen LogP contribution in [0, 0.1) is 0 Å². The molecule has 1 aromatic rings. The van der Waals surface area contributed by atoms with Crippen LogP contribution in [0.15, 0.2) is 29.1 Å². The molecule has 1 rings (SSSR count). The number of aromatic hydroxyl groups is 2. The molecule has 0 saturated heterocycles. The van der Waals surface area contributed by atoms with E-state index in [0.29, 0.717) is 0 Å². The molecule has 52 valence electrons. The Labute approximate surface area is 57.2 Å². The van der Waals surface area contributed by atoms with Crippen molar-refractivity contribution in [2.75, 3.05) is 0 Å². The molecule has 0 unspecified atom stereocenters. The van der Waals surface area contributed by atoms with E-state index in [1.165, 1.54) is 24.3 Å². The molecule has 0 fully saturated rings. The summed E-state index contributed by atoms with van der Waals surface area (Å²) in [6.45, 7) is 0. The van der Waals surface area contributed by atoms with Crippen LogP contribution in [0.4, 0.5) is 0 Å². The molecular weight excluding hydrogens is 132 g/mol. The van der Waals surface area contributed by atoms with Gasteiger partial charge in [-0.25, -0.2) is 0 Å². The van der Waals surface area contributed by atoms with Gasteiger partial charge in [0, 0.05) is 0 Å². The van der Waals surface area contributed by atoms with Gasteiger partial charge in [0.1, 0.15) is 0 Å². The molecule has 1 aromatic carbocycles. The Morgan fingerprint density at radius 1 is 1.10 bits per heavy atom. The number of hydrogen-bond acceptors (Lipinski definition) is 3. The minimum Gasteiger partial charge on any atom is -0.504 e. The maximum absolute atomic E-state index is 10.6. The lowest BCUT2D eigenvalue weighted by molar-refractivity contribution is 0.402. The quantitative estimate of drug-likeness (QED) is 0.547. The molecule has 0 aromatic heterocycles. The van der Waals surface area contributed by atoms with Gasteiger partial charge < -0.3 is 10.2 Å². The largest absolute Gasteiger partial charge is 0.504 e. The van der Waals surface area contributed by atoms with Crippen LogP contribution in [0.2, 0.25) is 0 Å². The van der Waals surface area contributed by atoms with Crippen molar-refractivity contribution in [1.29, 1.82) is 0 Å². The van der Waals surface area contributed by atoms with Gasteiger partial charge in [-0.2, -0.15) is 0 Å². The first kappa shape index (κ1) is 6.61. The van der Waals surface area contributed by atoms with E-state index < -0.39 is 16.9 Å². The van der Waals surface area contributed by atoms with Gasteiger partial charge >= 0.3 is 0 Å². The monoisotopic (exact) mass is 138 g/mol. The molecule has 0 aliphatic carbocycles. The molecule has 0 atom stereocenters. The Morgan fingerprint density at radius 3 is 2.40 bits per heavy atom. The highest BCUT2D eigenvalue weighted by atomic mass is 16.3. The average molecular weight is 138 g/mol. The zero-order chi connectivity index (χ0) is 7.56. The summed E-state index contributed by atoms with van der Waals surface area (Å²) in [5.41, 5.74) is -0.581. The van der Waals surface area contributed by atoms with Crippen LogP contribution in [0.25, 0.3) is 0 Å². The molecule has 10 heavy (non-hydrogen) atoms. The van der Waals surface area contributed by atoms with Crippen LogP contribution in [0.3, 0.4) is 0 Å². The zero-order valence-electron chi connectivity index (χ0n) is 5.11. The third kappa shape index (κ3) is 1.07. The van der Waals surface area contributed by atoms with Crippen molar-refractivity contribution < 1.29 is 10.2 Å². The molecule has 0 radical (unpaired) electrons. The third-order valence-corrected chi connectivity index (χ3v) is 1.09. The molecule has 2 N–H and O–H groups in total. The van der Waals surface area contributed by atoms with Crippen molar-refractivity contribution >= 4 is 0 Å². The number of hydrogen-bond donors (Lipinski definition) is 2. The fourth-order valence-electron chi connectivity index (χ4n) is 0.574. The van der Waals surface area contributed by atoms with E-state index >= 15 is 0 Å². The summed E-state index contributed by atoms with van der Waals surface area (Å²) in [6, 6.07) is 5.34. The Hall–Kier alpha value is -1.51. The SMILES string of the molecule is O=c1ccccc(O)c1O. The van der Waals surface area contributed by atoms with Crippen molar-refractivity contribution in [1.82, 2.24) is 0 Å². The molecular formula is C7H6O3. The van der Waals surface area contributed by atoms with E-state index in [9.17, 15) is 4.79 Å². The van der Waals surface area contributed by atoms with Crippen molar-refractivity contribution in [2.24, 2.45) is 0 Å². The van der Waals surface area contributed by atoms with Crippen molar-refractivity contribution in [2.45, 2.75) is 0 Å². The smallest absolute Gasteiger partial charge is 0.224 e. The maximum atomic E-state index is 10.6. The Kier molecular flexibility index (Phi) is 1.58. The Balaban J connectivity index is 3.53. The van der Waals surface area contributed by atoms with E-state index in [2.05, 4.69) is 0 Å². The van der Waals surface area contributed by atoms with Crippen LogP contribution >= 0.6 is 0 Å². The van der Waals surface area contributed by atoms with E-state index in [0.717, 1.165) is 0 Å². The molecule has 0 saturated carbocycles. The van der Waals surface area contributed by atoms with Crippen LogP contribution in [0.5, 0.6) is 11.5 Å². The summed E-state index contributed by atoms with van der Waals surface area (Å²) in [4.78, 5) is 10.6. The second-order valence-electron chi connectivity index (χ2n) is 1.82. The predicted molar refractivity (Wildman–Crippen MR) is 36.0 cm³/mol. The van der Waals surface area contributed by atoms with E-state index in [4.69, 9.17) is 10.2 Å². The number of rotatable bonds is 0. The second kappa shape index (κ2) is 2.39. The van der Waals surface area contributed by atoms with Gasteiger partial charge in [-0.1, -0.05) is 12.1 Å². The highest BCUT2D eigenvalue weighted by molar-refractivity contribution is 5.35. The first-order chi connectivity index (χ1) is 4.72. The summed E-state index contributed by atoms with van der Waals surface area (Å²) in [5, 5.41) is 17.6. The molecule has 0 aliphatic heterocycles. The molecule has 3 heteroatoms. The van der Waals surface area contributed by atoms with E-state index in [1.54, 1.807) is 0 Å². The first-order valence-electron chi connectivity index (χ1n) is 2.73. The topological polar surface area (TPSA) is 57.5 Å². The summed E-state index contributed by atoms with van der Waals surface area (Å²) >= 11 is 0. The van der Waals surface area contributed by atoms with Gasteiger partial charge in [0.15, 0.2) is 5.75 Å². The second-order valence-corrected chi connectivity index (χ2v) is 1.82. The van der Waals surface area contributed by atoms with Gasteiger partial charge in [-0.05, 0) is 12.1 Å². The molecule has 0 bridgehead atoms. The predicted octanol–water partition coefficient (Wildman–Crippen LogP) is 0.458. The normalized spacial score (nSPS) is 9.20. The van der Waals surface area contributed by atoms with E-state index in [1.807, 2.05) is 0 Å². The van der Waals surface area contributed by atoms with Gasteiger partial charge in [0.05, 0.1) is 0 Å². The maximum Gasteiger partial charge on any atom is 0.224 e. The lowest BCUT2D eigenvalue weighted by Gasteiger charge is -1.85. The standard InChI is InChI=1S/C7H6O3/c8-5-3-1-2-4-6(9)7(5)10/h1-4H,(H2,8,9,10). The molecule has 0 aliphatic rings. The van der Waals surface area contributed by atoms with Crippen molar-refractivity contribution in [3.05, 3.63) is 34.5 Å². The van der Waals surface area contributed by atoms with Crippen LogP contribution in [0.1, 0.15) is 0 Å². The lowest BCUT2D eigenvalue weighted by Crippen LogP contribution is -1.91. The minimum atomic E-state index is -0.606. The van der Waals surface area contributed by atoms with Crippen molar-refractivity contribution in [3.8, 4) is 11.5 Å². The van der Waals surface area contributed by atoms with E-state index in [-0.39, 0.29) is 0 Å². The molecule has 0 heterocycles. The molecule has 0 spiro atoms.